The Morgan fingerprint density at radius 2 is 2.42 bits per heavy atom. The first kappa shape index (κ1) is 7.35. The van der Waals surface area contributed by atoms with E-state index in [1.165, 1.54) is 0 Å². The molecule has 1 fully saturated rings. The third-order valence-electron chi connectivity index (χ3n) is 2.51. The van der Waals surface area contributed by atoms with Crippen LogP contribution in [0, 0.1) is 17.2 Å². The molecule has 2 atom stereocenters. The average Bonchev–Trinajstić information content (AvgIpc) is 2.74. The Labute approximate surface area is 71.6 Å². The van der Waals surface area contributed by atoms with Crippen LogP contribution >= 0.6 is 0 Å². The number of hydrogen-bond acceptors (Lipinski definition) is 2. The van der Waals surface area contributed by atoms with Gasteiger partial charge in [-0.25, -0.2) is 0 Å². The minimum absolute atomic E-state index is 0.171. The van der Waals surface area contributed by atoms with E-state index in [0.29, 0.717) is 6.04 Å². The first-order valence-electron chi connectivity index (χ1n) is 4.30. The van der Waals surface area contributed by atoms with Gasteiger partial charge in [-0.1, -0.05) is 0 Å². The minimum Gasteiger partial charge on any atom is -0.268 e. The minimum atomic E-state index is 0.171. The summed E-state index contributed by atoms with van der Waals surface area (Å²) in [5, 5.41) is 13.0. The van der Waals surface area contributed by atoms with Gasteiger partial charge in [0.05, 0.1) is 18.0 Å². The summed E-state index contributed by atoms with van der Waals surface area (Å²) in [4.78, 5) is 0. The second kappa shape index (κ2) is 2.98. The van der Waals surface area contributed by atoms with Crippen LogP contribution in [0.3, 0.4) is 0 Å². The van der Waals surface area contributed by atoms with Crippen molar-refractivity contribution in [2.45, 2.75) is 25.3 Å². The lowest BCUT2D eigenvalue weighted by Crippen LogP contribution is -2.12. The Morgan fingerprint density at radius 1 is 1.50 bits per heavy atom. The molecule has 1 aromatic rings. The topological polar surface area (TPSA) is 41.6 Å². The Bertz CT molecular complexity index is 283. The van der Waals surface area contributed by atoms with Gasteiger partial charge < -0.3 is 0 Å². The molecule has 0 amide bonds. The molecule has 1 heterocycles. The van der Waals surface area contributed by atoms with Gasteiger partial charge in [0.1, 0.15) is 0 Å². The second-order valence-electron chi connectivity index (χ2n) is 3.22. The van der Waals surface area contributed by atoms with Crippen molar-refractivity contribution in [1.82, 2.24) is 9.78 Å². The number of nitriles is 1. The Kier molecular flexibility index (Phi) is 1.83. The molecular weight excluding hydrogens is 150 g/mol. The van der Waals surface area contributed by atoms with Crippen molar-refractivity contribution in [3.8, 4) is 6.07 Å². The molecule has 2 unspecified atom stereocenters. The zero-order chi connectivity index (χ0) is 8.39. The van der Waals surface area contributed by atoms with Gasteiger partial charge in [-0.05, 0) is 25.3 Å². The van der Waals surface area contributed by atoms with E-state index in [-0.39, 0.29) is 5.92 Å². The van der Waals surface area contributed by atoms with Crippen molar-refractivity contribution >= 4 is 0 Å². The van der Waals surface area contributed by atoms with Gasteiger partial charge in [0, 0.05) is 12.4 Å². The first-order chi connectivity index (χ1) is 5.92. The molecule has 2 rings (SSSR count). The molecule has 0 aromatic carbocycles. The highest BCUT2D eigenvalue weighted by molar-refractivity contribution is 4.96. The van der Waals surface area contributed by atoms with Crippen molar-refractivity contribution in [3.05, 3.63) is 18.5 Å². The molecule has 0 bridgehead atoms. The Morgan fingerprint density at radius 3 is 3.08 bits per heavy atom. The lowest BCUT2D eigenvalue weighted by atomic mass is 10.1. The fourth-order valence-electron chi connectivity index (χ4n) is 1.88. The molecule has 62 valence electrons. The van der Waals surface area contributed by atoms with E-state index in [1.807, 2.05) is 16.9 Å². The molecule has 1 aliphatic rings. The van der Waals surface area contributed by atoms with Crippen LogP contribution in [0.2, 0.25) is 0 Å². The standard InChI is InChI=1S/C9H11N3/c10-7-8-3-1-4-9(8)12-6-2-5-11-12/h2,5-6,8-9H,1,3-4H2. The molecule has 0 spiro atoms. The predicted molar refractivity (Wildman–Crippen MR) is 44.2 cm³/mol. The predicted octanol–water partition coefficient (Wildman–Crippen LogP) is 1.75. The third-order valence-corrected chi connectivity index (χ3v) is 2.51. The van der Waals surface area contributed by atoms with Crippen molar-refractivity contribution in [2.24, 2.45) is 5.92 Å². The van der Waals surface area contributed by atoms with Gasteiger partial charge in [-0.15, -0.1) is 0 Å². The van der Waals surface area contributed by atoms with E-state index < -0.39 is 0 Å². The summed E-state index contributed by atoms with van der Waals surface area (Å²) < 4.78 is 1.92. The summed E-state index contributed by atoms with van der Waals surface area (Å²) in [6.45, 7) is 0. The van der Waals surface area contributed by atoms with E-state index in [9.17, 15) is 0 Å². The maximum Gasteiger partial charge on any atom is 0.0687 e. The van der Waals surface area contributed by atoms with Crippen LogP contribution in [-0.2, 0) is 0 Å². The number of nitrogens with zero attached hydrogens (tertiary/aromatic N) is 3. The molecule has 3 nitrogen and oxygen atoms in total. The molecule has 0 saturated heterocycles. The van der Waals surface area contributed by atoms with Gasteiger partial charge >= 0.3 is 0 Å². The Hall–Kier alpha value is -1.30. The molecule has 0 radical (unpaired) electrons. The lowest BCUT2D eigenvalue weighted by Gasteiger charge is -2.12. The van der Waals surface area contributed by atoms with Gasteiger partial charge in [0.25, 0.3) is 0 Å². The summed E-state index contributed by atoms with van der Waals surface area (Å²) in [7, 11) is 0. The molecule has 3 heteroatoms. The van der Waals surface area contributed by atoms with Gasteiger partial charge in [-0.3, -0.25) is 4.68 Å². The van der Waals surface area contributed by atoms with Crippen molar-refractivity contribution < 1.29 is 0 Å². The van der Waals surface area contributed by atoms with Crippen LogP contribution in [0.1, 0.15) is 25.3 Å². The van der Waals surface area contributed by atoms with Crippen LogP contribution in [0.5, 0.6) is 0 Å². The summed E-state index contributed by atoms with van der Waals surface area (Å²) >= 11 is 0. The summed E-state index contributed by atoms with van der Waals surface area (Å²) in [6, 6.07) is 4.57. The number of aromatic nitrogens is 2. The van der Waals surface area contributed by atoms with Crippen LogP contribution < -0.4 is 0 Å². The molecule has 12 heavy (non-hydrogen) atoms. The highest BCUT2D eigenvalue weighted by Crippen LogP contribution is 2.34. The SMILES string of the molecule is N#CC1CCCC1n1cccn1. The number of hydrogen-bond donors (Lipinski definition) is 0. The smallest absolute Gasteiger partial charge is 0.0687 e. The van der Waals surface area contributed by atoms with Crippen molar-refractivity contribution in [3.63, 3.8) is 0 Å². The van der Waals surface area contributed by atoms with E-state index in [1.54, 1.807) is 6.20 Å². The van der Waals surface area contributed by atoms with Gasteiger partial charge in [0.15, 0.2) is 0 Å². The highest BCUT2D eigenvalue weighted by atomic mass is 15.3. The van der Waals surface area contributed by atoms with E-state index in [2.05, 4.69) is 11.2 Å². The average molecular weight is 161 g/mol. The van der Waals surface area contributed by atoms with E-state index >= 15 is 0 Å². The van der Waals surface area contributed by atoms with Crippen molar-refractivity contribution in [2.75, 3.05) is 0 Å². The normalized spacial score (nSPS) is 28.6. The quantitative estimate of drug-likeness (QED) is 0.629. The zero-order valence-corrected chi connectivity index (χ0v) is 6.85. The fourth-order valence-corrected chi connectivity index (χ4v) is 1.88. The van der Waals surface area contributed by atoms with Gasteiger partial charge in [0.2, 0.25) is 0 Å². The monoisotopic (exact) mass is 161 g/mol. The van der Waals surface area contributed by atoms with Crippen LogP contribution in [0.25, 0.3) is 0 Å². The molecule has 0 aliphatic heterocycles. The van der Waals surface area contributed by atoms with Gasteiger partial charge in [-0.2, -0.15) is 10.4 Å². The second-order valence-corrected chi connectivity index (χ2v) is 3.22. The Balaban J connectivity index is 2.20. The third kappa shape index (κ3) is 1.10. The summed E-state index contributed by atoms with van der Waals surface area (Å²) in [5.74, 6) is 0.171. The zero-order valence-electron chi connectivity index (χ0n) is 6.85. The molecular formula is C9H11N3. The molecule has 1 aliphatic carbocycles. The van der Waals surface area contributed by atoms with E-state index in [0.717, 1.165) is 19.3 Å². The van der Waals surface area contributed by atoms with E-state index in [4.69, 9.17) is 5.26 Å². The fraction of sp³-hybridized carbons (Fsp3) is 0.556. The molecule has 1 aromatic heterocycles. The summed E-state index contributed by atoms with van der Waals surface area (Å²) in [6.07, 6.45) is 7.00. The molecule has 1 saturated carbocycles. The molecule has 0 N–H and O–H groups in total. The first-order valence-corrected chi connectivity index (χ1v) is 4.30. The summed E-state index contributed by atoms with van der Waals surface area (Å²) in [5.41, 5.74) is 0. The van der Waals surface area contributed by atoms with Crippen molar-refractivity contribution in [1.29, 1.82) is 5.26 Å². The highest BCUT2D eigenvalue weighted by Gasteiger charge is 2.28. The maximum atomic E-state index is 8.84. The number of rotatable bonds is 1. The maximum absolute atomic E-state index is 8.84. The van der Waals surface area contributed by atoms with Crippen LogP contribution in [0.15, 0.2) is 18.5 Å². The van der Waals surface area contributed by atoms with Crippen LogP contribution in [-0.4, -0.2) is 9.78 Å². The van der Waals surface area contributed by atoms with Crippen LogP contribution in [0.4, 0.5) is 0 Å². The largest absolute Gasteiger partial charge is 0.268 e. The lowest BCUT2D eigenvalue weighted by molar-refractivity contribution is 0.409.